The van der Waals surface area contributed by atoms with Crippen LogP contribution in [0.1, 0.15) is 12.8 Å². The summed E-state index contributed by atoms with van der Waals surface area (Å²) < 4.78 is 0. The minimum absolute atomic E-state index is 0.207. The fourth-order valence-corrected chi connectivity index (χ4v) is 1.21. The van der Waals surface area contributed by atoms with Crippen LogP contribution in [0.3, 0.4) is 0 Å². The van der Waals surface area contributed by atoms with Crippen molar-refractivity contribution in [3.05, 3.63) is 0 Å². The molecule has 1 saturated heterocycles. The molecule has 2 N–H and O–H groups in total. The highest BCUT2D eigenvalue weighted by molar-refractivity contribution is 5.18. The molecule has 0 aromatic heterocycles. The molecule has 0 aromatic carbocycles. The normalized spacial score (nSPS) is 28.7. The summed E-state index contributed by atoms with van der Waals surface area (Å²) in [6.45, 7) is 1.64. The largest absolute Gasteiger partial charge is 0.311 e. The zero-order valence-electron chi connectivity index (χ0n) is 5.85. The lowest BCUT2D eigenvalue weighted by atomic mass is 9.94. The molecule has 1 aliphatic carbocycles. The molecule has 0 atom stereocenters. The summed E-state index contributed by atoms with van der Waals surface area (Å²) in [5.74, 6) is 0. The van der Waals surface area contributed by atoms with Gasteiger partial charge in [-0.05, 0) is 12.8 Å². The minimum atomic E-state index is -0.207. The first-order valence-corrected chi connectivity index (χ1v) is 3.74. The zero-order chi connectivity index (χ0) is 7.03. The SMILES string of the molecule is N#CC1(NC2CC2)CNC1. The van der Waals surface area contributed by atoms with Crippen LogP contribution in [0.15, 0.2) is 0 Å². The van der Waals surface area contributed by atoms with Crippen LogP contribution in [0.2, 0.25) is 0 Å². The Morgan fingerprint density at radius 3 is 2.50 bits per heavy atom. The van der Waals surface area contributed by atoms with Gasteiger partial charge in [0, 0.05) is 19.1 Å². The Morgan fingerprint density at radius 1 is 1.50 bits per heavy atom. The third-order valence-electron chi connectivity index (χ3n) is 2.13. The molecule has 0 radical (unpaired) electrons. The highest BCUT2D eigenvalue weighted by Gasteiger charge is 2.41. The van der Waals surface area contributed by atoms with Gasteiger partial charge in [0.1, 0.15) is 5.54 Å². The Balaban J connectivity index is 1.92. The molecular formula is C7H11N3. The van der Waals surface area contributed by atoms with E-state index >= 15 is 0 Å². The number of nitriles is 1. The maximum absolute atomic E-state index is 8.76. The van der Waals surface area contributed by atoms with Crippen LogP contribution in [-0.4, -0.2) is 24.7 Å². The molecule has 1 aliphatic heterocycles. The lowest BCUT2D eigenvalue weighted by molar-refractivity contribution is 0.281. The molecule has 2 fully saturated rings. The zero-order valence-corrected chi connectivity index (χ0v) is 5.85. The van der Waals surface area contributed by atoms with Crippen LogP contribution in [0.5, 0.6) is 0 Å². The van der Waals surface area contributed by atoms with E-state index in [1.54, 1.807) is 0 Å². The summed E-state index contributed by atoms with van der Waals surface area (Å²) in [7, 11) is 0. The van der Waals surface area contributed by atoms with E-state index in [1.165, 1.54) is 12.8 Å². The summed E-state index contributed by atoms with van der Waals surface area (Å²) in [6, 6.07) is 2.95. The summed E-state index contributed by atoms with van der Waals surface area (Å²) in [6.07, 6.45) is 2.51. The van der Waals surface area contributed by atoms with E-state index in [1.807, 2.05) is 0 Å². The second-order valence-electron chi connectivity index (χ2n) is 3.22. The molecule has 0 spiro atoms. The van der Waals surface area contributed by atoms with Crippen molar-refractivity contribution in [2.45, 2.75) is 24.4 Å². The predicted octanol–water partition coefficient (Wildman–Crippen LogP) is -0.396. The Kier molecular flexibility index (Phi) is 1.19. The lowest BCUT2D eigenvalue weighted by Gasteiger charge is -2.37. The average Bonchev–Trinajstić information content (AvgIpc) is 2.62. The van der Waals surface area contributed by atoms with Gasteiger partial charge in [0.2, 0.25) is 0 Å². The maximum Gasteiger partial charge on any atom is 0.132 e. The third kappa shape index (κ3) is 0.898. The Hall–Kier alpha value is -0.590. The van der Waals surface area contributed by atoms with E-state index in [9.17, 15) is 0 Å². The first-order chi connectivity index (χ1) is 4.85. The molecule has 0 aromatic rings. The second kappa shape index (κ2) is 1.94. The number of hydrogen-bond donors (Lipinski definition) is 2. The van der Waals surface area contributed by atoms with E-state index in [2.05, 4.69) is 16.7 Å². The molecule has 2 aliphatic rings. The van der Waals surface area contributed by atoms with Crippen LogP contribution < -0.4 is 10.6 Å². The Morgan fingerprint density at radius 2 is 2.20 bits per heavy atom. The van der Waals surface area contributed by atoms with Gasteiger partial charge in [-0.3, -0.25) is 5.32 Å². The monoisotopic (exact) mass is 137 g/mol. The predicted molar refractivity (Wildman–Crippen MR) is 37.4 cm³/mol. The number of rotatable bonds is 2. The first-order valence-electron chi connectivity index (χ1n) is 3.74. The molecule has 54 valence electrons. The van der Waals surface area contributed by atoms with Crippen LogP contribution in [0.4, 0.5) is 0 Å². The molecular weight excluding hydrogens is 126 g/mol. The van der Waals surface area contributed by atoms with Gasteiger partial charge in [0.25, 0.3) is 0 Å². The molecule has 3 nitrogen and oxygen atoms in total. The van der Waals surface area contributed by atoms with Crippen LogP contribution in [0, 0.1) is 11.3 Å². The van der Waals surface area contributed by atoms with Gasteiger partial charge in [-0.15, -0.1) is 0 Å². The average molecular weight is 137 g/mol. The fourth-order valence-electron chi connectivity index (χ4n) is 1.21. The highest BCUT2D eigenvalue weighted by atomic mass is 15.2. The third-order valence-corrected chi connectivity index (χ3v) is 2.13. The lowest BCUT2D eigenvalue weighted by Crippen LogP contribution is -2.67. The van der Waals surface area contributed by atoms with E-state index in [0.717, 1.165) is 13.1 Å². The van der Waals surface area contributed by atoms with Crippen molar-refractivity contribution >= 4 is 0 Å². The van der Waals surface area contributed by atoms with Gasteiger partial charge in [-0.2, -0.15) is 5.26 Å². The molecule has 1 heterocycles. The van der Waals surface area contributed by atoms with Gasteiger partial charge in [0.05, 0.1) is 6.07 Å². The Labute approximate surface area is 60.4 Å². The molecule has 0 unspecified atom stereocenters. The van der Waals surface area contributed by atoms with Gasteiger partial charge < -0.3 is 5.32 Å². The number of nitrogens with zero attached hydrogens (tertiary/aromatic N) is 1. The van der Waals surface area contributed by atoms with E-state index in [4.69, 9.17) is 5.26 Å². The fraction of sp³-hybridized carbons (Fsp3) is 0.857. The van der Waals surface area contributed by atoms with Gasteiger partial charge >= 0.3 is 0 Å². The van der Waals surface area contributed by atoms with Crippen LogP contribution >= 0.6 is 0 Å². The van der Waals surface area contributed by atoms with E-state index in [-0.39, 0.29) is 5.54 Å². The first kappa shape index (κ1) is 6.14. The van der Waals surface area contributed by atoms with Crippen molar-refractivity contribution in [2.24, 2.45) is 0 Å². The molecule has 10 heavy (non-hydrogen) atoms. The van der Waals surface area contributed by atoms with Crippen LogP contribution in [-0.2, 0) is 0 Å². The van der Waals surface area contributed by atoms with Gasteiger partial charge in [-0.25, -0.2) is 0 Å². The van der Waals surface area contributed by atoms with Crippen molar-refractivity contribution in [3.8, 4) is 6.07 Å². The second-order valence-corrected chi connectivity index (χ2v) is 3.22. The van der Waals surface area contributed by atoms with Crippen molar-refractivity contribution in [1.82, 2.24) is 10.6 Å². The molecule has 3 heteroatoms. The topological polar surface area (TPSA) is 47.9 Å². The summed E-state index contributed by atoms with van der Waals surface area (Å²) in [5, 5.41) is 15.2. The molecule has 1 saturated carbocycles. The molecule has 0 bridgehead atoms. The molecule has 0 amide bonds. The van der Waals surface area contributed by atoms with Gasteiger partial charge in [-0.1, -0.05) is 0 Å². The number of hydrogen-bond acceptors (Lipinski definition) is 3. The molecule has 2 rings (SSSR count). The standard InChI is InChI=1S/C7H11N3/c8-3-7(4-9-5-7)10-6-1-2-6/h6,9-10H,1-2,4-5H2. The van der Waals surface area contributed by atoms with Crippen molar-refractivity contribution in [1.29, 1.82) is 5.26 Å². The minimum Gasteiger partial charge on any atom is -0.311 e. The van der Waals surface area contributed by atoms with Crippen molar-refractivity contribution in [2.75, 3.05) is 13.1 Å². The van der Waals surface area contributed by atoms with Crippen LogP contribution in [0.25, 0.3) is 0 Å². The Bertz CT molecular complexity index is 174. The summed E-state index contributed by atoms with van der Waals surface area (Å²) >= 11 is 0. The summed E-state index contributed by atoms with van der Waals surface area (Å²) in [4.78, 5) is 0. The van der Waals surface area contributed by atoms with E-state index < -0.39 is 0 Å². The highest BCUT2D eigenvalue weighted by Crippen LogP contribution is 2.23. The maximum atomic E-state index is 8.76. The number of nitrogens with one attached hydrogen (secondary N) is 2. The van der Waals surface area contributed by atoms with Gasteiger partial charge in [0.15, 0.2) is 0 Å². The van der Waals surface area contributed by atoms with Crippen molar-refractivity contribution in [3.63, 3.8) is 0 Å². The summed E-state index contributed by atoms with van der Waals surface area (Å²) in [5.41, 5.74) is -0.207. The van der Waals surface area contributed by atoms with E-state index in [0.29, 0.717) is 6.04 Å². The quantitative estimate of drug-likeness (QED) is 0.544. The van der Waals surface area contributed by atoms with Crippen molar-refractivity contribution < 1.29 is 0 Å². The smallest absolute Gasteiger partial charge is 0.132 e.